The van der Waals surface area contributed by atoms with E-state index in [0.717, 1.165) is 0 Å². The van der Waals surface area contributed by atoms with Crippen LogP contribution in [0.15, 0.2) is 60.7 Å². The van der Waals surface area contributed by atoms with Crippen LogP contribution in [0.3, 0.4) is 0 Å². The molecule has 0 spiro atoms. The molecule has 6 rings (SSSR count). The molecule has 0 radical (unpaired) electrons. The summed E-state index contributed by atoms with van der Waals surface area (Å²) in [6, 6.07) is 15.8. The summed E-state index contributed by atoms with van der Waals surface area (Å²) in [7, 11) is -9.92. The number of esters is 4. The van der Waals surface area contributed by atoms with Crippen molar-refractivity contribution in [3.05, 3.63) is 119 Å². The normalized spacial score (nSPS) is 20.0. The van der Waals surface area contributed by atoms with Gasteiger partial charge in [0.05, 0.1) is 0 Å². The fourth-order valence-corrected chi connectivity index (χ4v) is 6.22. The van der Waals surface area contributed by atoms with E-state index in [-0.39, 0.29) is 11.5 Å². The zero-order valence-electron chi connectivity index (χ0n) is 28.2. The first-order valence-electron chi connectivity index (χ1n) is 15.3. The molecule has 4 atom stereocenters. The van der Waals surface area contributed by atoms with Crippen molar-refractivity contribution in [2.45, 2.75) is 24.4 Å². The Morgan fingerprint density at radius 1 is 0.367 bits per heavy atom. The van der Waals surface area contributed by atoms with E-state index in [2.05, 4.69) is 26.2 Å². The van der Waals surface area contributed by atoms with Crippen LogP contribution in [0.1, 0.15) is 0 Å². The van der Waals surface area contributed by atoms with E-state index < -0.39 is 139 Å². The van der Waals surface area contributed by atoms with E-state index >= 15 is 0 Å². The van der Waals surface area contributed by atoms with Gasteiger partial charge in [0.25, 0.3) is 0 Å². The van der Waals surface area contributed by atoms with Gasteiger partial charge in [0, 0.05) is 0 Å². The number of hydrogen-bond donors (Lipinski definition) is 0. The minimum Gasteiger partial charge on any atom is -0.424 e. The summed E-state index contributed by atoms with van der Waals surface area (Å²) in [5.41, 5.74) is 0. The molecule has 2 heterocycles. The number of halogens is 10. The molecule has 28 heteroatoms. The topological polar surface area (TPSA) is 210 Å². The summed E-state index contributed by atoms with van der Waals surface area (Å²) in [6.45, 7) is 0. The highest BCUT2D eigenvalue weighted by molar-refractivity contribution is 7.82. The highest BCUT2D eigenvalue weighted by Crippen LogP contribution is 2.33. The molecule has 0 aromatic heterocycles. The van der Waals surface area contributed by atoms with Crippen molar-refractivity contribution in [2.75, 3.05) is 0 Å². The maximum Gasteiger partial charge on any atom is 0.401 e. The molecule has 0 bridgehead atoms. The van der Waals surface area contributed by atoms with Crippen LogP contribution in [0, 0.1) is 58.2 Å². The van der Waals surface area contributed by atoms with Crippen LogP contribution in [0.2, 0.25) is 0 Å². The second kappa shape index (κ2) is 17.6. The zero-order valence-corrected chi connectivity index (χ0v) is 29.8. The summed E-state index contributed by atoms with van der Waals surface area (Å²) < 4.78 is 214. The second-order valence-corrected chi connectivity index (χ2v) is 13.4. The smallest absolute Gasteiger partial charge is 0.401 e. The van der Waals surface area contributed by atoms with Crippen LogP contribution in [-0.2, 0) is 56.7 Å². The molecule has 0 N–H and O–H groups in total. The molecular weight excluding hydrogens is 894 g/mol. The van der Waals surface area contributed by atoms with Crippen molar-refractivity contribution in [2.24, 2.45) is 0 Å². The van der Waals surface area contributed by atoms with Gasteiger partial charge in [-0.25, -0.2) is 62.3 Å². The number of ether oxygens (including phenoxy) is 4. The molecule has 4 aromatic rings. The predicted molar refractivity (Wildman–Crippen MR) is 165 cm³/mol. The lowest BCUT2D eigenvalue weighted by Crippen LogP contribution is -2.42. The number of benzene rings is 4. The van der Waals surface area contributed by atoms with Crippen LogP contribution in [0.4, 0.5) is 43.9 Å². The van der Waals surface area contributed by atoms with Crippen molar-refractivity contribution >= 4 is 44.7 Å². The third-order valence-electron chi connectivity index (χ3n) is 7.03. The lowest BCUT2D eigenvalue weighted by molar-refractivity contribution is -0.153. The van der Waals surface area contributed by atoms with E-state index in [1.54, 1.807) is 36.4 Å². The molecule has 2 aliphatic heterocycles. The second-order valence-electron chi connectivity index (χ2n) is 11.0. The summed E-state index contributed by atoms with van der Waals surface area (Å²) >= 11 is 0. The largest absolute Gasteiger partial charge is 0.424 e. The van der Waals surface area contributed by atoms with E-state index in [1.807, 2.05) is 0 Å². The first kappa shape index (κ1) is 44.9. The van der Waals surface area contributed by atoms with Gasteiger partial charge in [0.2, 0.25) is 94.1 Å². The van der Waals surface area contributed by atoms with Gasteiger partial charge in [-0.3, -0.25) is 0 Å². The van der Waals surface area contributed by atoms with E-state index in [4.69, 9.17) is 9.47 Å². The molecule has 2 fully saturated rings. The molecule has 4 unspecified atom stereocenters. The van der Waals surface area contributed by atoms with Gasteiger partial charge >= 0.3 is 44.7 Å². The molecule has 0 aliphatic carbocycles. The average Bonchev–Trinajstić information content (AvgIpc) is 3.74. The van der Waals surface area contributed by atoms with E-state index in [0.29, 0.717) is 0 Å². The number of carbonyl (C=O) groups is 4. The van der Waals surface area contributed by atoms with Gasteiger partial charge in [-0.1, -0.05) is 36.4 Å². The van der Waals surface area contributed by atoms with Crippen molar-refractivity contribution in [1.82, 2.24) is 0 Å². The summed E-state index contributed by atoms with van der Waals surface area (Å²) in [6.07, 6.45) is -9.66. The molecule has 2 aliphatic rings. The van der Waals surface area contributed by atoms with Crippen molar-refractivity contribution in [1.29, 1.82) is 0 Å². The fourth-order valence-electron chi connectivity index (χ4n) is 4.40. The van der Waals surface area contributed by atoms with E-state index in [1.165, 1.54) is 24.3 Å². The zero-order chi connectivity index (χ0) is 44.4. The third-order valence-corrected chi connectivity index (χ3v) is 8.81. The Morgan fingerprint density at radius 3 is 0.833 bits per heavy atom. The number of hydrogen-bond acceptors (Lipinski definition) is 16. The van der Waals surface area contributed by atoms with Crippen LogP contribution in [0.5, 0.6) is 23.0 Å². The van der Waals surface area contributed by atoms with Crippen LogP contribution < -0.4 is 18.9 Å². The first-order chi connectivity index (χ1) is 28.0. The molecule has 0 saturated carbocycles. The Kier molecular flexibility index (Phi) is 13.1. The van der Waals surface area contributed by atoms with Crippen molar-refractivity contribution in [3.8, 4) is 23.0 Å². The quantitative estimate of drug-likeness (QED) is 0.0808. The Labute approximate surface area is 326 Å². The van der Waals surface area contributed by atoms with Crippen molar-refractivity contribution < 1.29 is 116 Å². The summed E-state index contributed by atoms with van der Waals surface area (Å²) in [5.74, 6) is -37.9. The Balaban J connectivity index is 0.000000240. The van der Waals surface area contributed by atoms with Gasteiger partial charge < -0.3 is 18.9 Å². The fraction of sp³-hybridized carbons (Fsp3) is 0.125. The monoisotopic (exact) mass is 908 g/mol. The van der Waals surface area contributed by atoms with Gasteiger partial charge in [0.15, 0.2) is 0 Å². The maximum atomic E-state index is 13.7. The highest BCUT2D eigenvalue weighted by Gasteiger charge is 2.53. The molecule has 16 nitrogen and oxygen atoms in total. The van der Waals surface area contributed by atoms with Crippen LogP contribution in [0.25, 0.3) is 0 Å². The van der Waals surface area contributed by atoms with Gasteiger partial charge in [-0.15, -0.1) is 0 Å². The minimum atomic E-state index is -5.40. The van der Waals surface area contributed by atoms with Crippen LogP contribution >= 0.6 is 0 Å². The third kappa shape index (κ3) is 9.63. The Hall–Kier alpha value is -6.20. The maximum absolute atomic E-state index is 13.7. The molecule has 320 valence electrons. The predicted octanol–water partition coefficient (Wildman–Crippen LogP) is 3.84. The van der Waals surface area contributed by atoms with Gasteiger partial charge in [-0.2, -0.15) is 34.4 Å². The molecule has 4 aromatic carbocycles. The SMILES string of the molecule is O=C(Oc1c(F)c(F)c(F)c(F)c1F)C1OS(=O)(=O)OC1C(=O)Oc1c(F)c(F)c(F)c(F)c1F.O=C(Oc1ccccc1)C1OS(=O)(=O)OC1C(=O)Oc1ccccc1. The number of rotatable bonds is 8. The lowest BCUT2D eigenvalue weighted by Gasteiger charge is -2.15. The van der Waals surface area contributed by atoms with Gasteiger partial charge in [0.1, 0.15) is 11.5 Å². The Morgan fingerprint density at radius 2 is 0.583 bits per heavy atom. The van der Waals surface area contributed by atoms with Gasteiger partial charge in [-0.05, 0) is 24.3 Å². The first-order valence-corrected chi connectivity index (χ1v) is 17.9. The molecule has 60 heavy (non-hydrogen) atoms. The highest BCUT2D eigenvalue weighted by atomic mass is 32.3. The molecule has 0 amide bonds. The number of para-hydroxylation sites is 2. The van der Waals surface area contributed by atoms with E-state index in [9.17, 15) is 79.9 Å². The average molecular weight is 909 g/mol. The standard InChI is InChI=1S/C16H2F10O8S.C16H12O8S/c17-1-3(19)7(23)11(8(24)4(1)20)31-15(27)13-14(34-35(29,30)33-13)16(28)32-12-9(25)5(21)2(18)6(22)10(12)26;17-15(21-11-7-3-1-4-8-11)13-14(24-25(19,20)23-13)16(18)22-12-9-5-2-6-10-12/h13-14H;1-10,13-14H. The molecular formula is C32H14F10O16S2. The molecule has 2 saturated heterocycles. The summed E-state index contributed by atoms with van der Waals surface area (Å²) in [5, 5.41) is 0. The lowest BCUT2D eigenvalue weighted by atomic mass is 10.2. The number of carbonyl (C=O) groups excluding carboxylic acids is 4. The van der Waals surface area contributed by atoms with Crippen molar-refractivity contribution in [3.63, 3.8) is 0 Å². The minimum absolute atomic E-state index is 0.163. The van der Waals surface area contributed by atoms with Crippen LogP contribution in [-0.4, -0.2) is 65.1 Å². The Bertz CT molecular complexity index is 2380. The summed E-state index contributed by atoms with van der Waals surface area (Å²) in [4.78, 5) is 48.5.